The normalized spacial score (nSPS) is 10.2. The first-order valence-electron chi connectivity index (χ1n) is 7.80. The number of hydrogen-bond acceptors (Lipinski definition) is 4. The quantitative estimate of drug-likeness (QED) is 0.484. The van der Waals surface area contributed by atoms with Crippen molar-refractivity contribution in [2.24, 2.45) is 0 Å². The van der Waals surface area contributed by atoms with Gasteiger partial charge in [0.15, 0.2) is 6.61 Å². The zero-order chi connectivity index (χ0) is 17.1. The van der Waals surface area contributed by atoms with Gasteiger partial charge in [0.05, 0.1) is 18.6 Å². The monoisotopic (exact) mass is 341 g/mol. The highest BCUT2D eigenvalue weighted by atomic mass is 35.5. The van der Waals surface area contributed by atoms with E-state index in [-0.39, 0.29) is 24.9 Å². The van der Waals surface area contributed by atoms with Crippen LogP contribution in [0.15, 0.2) is 24.3 Å². The minimum absolute atomic E-state index is 0.100. The molecule has 1 aromatic carbocycles. The summed E-state index contributed by atoms with van der Waals surface area (Å²) in [4.78, 5) is 25.3. The molecule has 23 heavy (non-hydrogen) atoms. The van der Waals surface area contributed by atoms with Crippen LogP contribution in [0.3, 0.4) is 0 Å². The van der Waals surface area contributed by atoms with Gasteiger partial charge in [-0.25, -0.2) is 0 Å². The SMILES string of the molecule is CCCCCN(CCC(=O)OC)C(=O)COc1ccccc1Cl. The number of para-hydroxylation sites is 1. The fraction of sp³-hybridized carbons (Fsp3) is 0.529. The number of halogens is 1. The van der Waals surface area contributed by atoms with Crippen LogP contribution in [-0.4, -0.2) is 43.6 Å². The molecule has 0 bridgehead atoms. The lowest BCUT2D eigenvalue weighted by Gasteiger charge is -2.22. The smallest absolute Gasteiger partial charge is 0.307 e. The van der Waals surface area contributed by atoms with E-state index in [1.54, 1.807) is 29.2 Å². The summed E-state index contributed by atoms with van der Waals surface area (Å²) in [5, 5.41) is 0.465. The Hall–Kier alpha value is -1.75. The van der Waals surface area contributed by atoms with Gasteiger partial charge in [-0.3, -0.25) is 9.59 Å². The molecule has 0 radical (unpaired) electrons. The molecule has 0 spiro atoms. The average molecular weight is 342 g/mol. The van der Waals surface area contributed by atoms with E-state index in [1.165, 1.54) is 7.11 Å². The van der Waals surface area contributed by atoms with Gasteiger partial charge in [0.1, 0.15) is 5.75 Å². The van der Waals surface area contributed by atoms with E-state index in [0.29, 0.717) is 23.9 Å². The summed E-state index contributed by atoms with van der Waals surface area (Å²) in [6.07, 6.45) is 3.18. The van der Waals surface area contributed by atoms with Crippen LogP contribution in [-0.2, 0) is 14.3 Å². The van der Waals surface area contributed by atoms with Crippen molar-refractivity contribution in [3.63, 3.8) is 0 Å². The van der Waals surface area contributed by atoms with Gasteiger partial charge in [0.2, 0.25) is 0 Å². The lowest BCUT2D eigenvalue weighted by Crippen LogP contribution is -2.37. The first-order chi connectivity index (χ1) is 11.1. The third-order valence-electron chi connectivity index (χ3n) is 3.39. The van der Waals surface area contributed by atoms with Crippen molar-refractivity contribution in [2.45, 2.75) is 32.6 Å². The van der Waals surface area contributed by atoms with E-state index in [0.717, 1.165) is 19.3 Å². The molecule has 0 aliphatic carbocycles. The predicted molar refractivity (Wildman–Crippen MR) is 89.7 cm³/mol. The predicted octanol–water partition coefficient (Wildman–Crippen LogP) is 3.30. The van der Waals surface area contributed by atoms with Crippen LogP contribution < -0.4 is 4.74 Å². The molecule has 0 aromatic heterocycles. The molecule has 0 fully saturated rings. The van der Waals surface area contributed by atoms with Crippen LogP contribution in [0.25, 0.3) is 0 Å². The summed E-state index contributed by atoms with van der Waals surface area (Å²) >= 11 is 6.00. The van der Waals surface area contributed by atoms with E-state index >= 15 is 0 Å². The highest BCUT2D eigenvalue weighted by Crippen LogP contribution is 2.23. The molecule has 0 N–H and O–H groups in total. The lowest BCUT2D eigenvalue weighted by atomic mass is 10.2. The van der Waals surface area contributed by atoms with Gasteiger partial charge < -0.3 is 14.4 Å². The Bertz CT molecular complexity index is 507. The van der Waals surface area contributed by atoms with E-state index < -0.39 is 0 Å². The van der Waals surface area contributed by atoms with Gasteiger partial charge >= 0.3 is 5.97 Å². The van der Waals surface area contributed by atoms with Gasteiger partial charge in [0.25, 0.3) is 5.91 Å². The molecule has 1 aromatic rings. The van der Waals surface area contributed by atoms with Crippen molar-refractivity contribution in [3.05, 3.63) is 29.3 Å². The molecule has 0 unspecified atom stereocenters. The fourth-order valence-corrected chi connectivity index (χ4v) is 2.23. The molecule has 0 heterocycles. The first kappa shape index (κ1) is 19.3. The summed E-state index contributed by atoms with van der Waals surface area (Å²) < 4.78 is 10.1. The van der Waals surface area contributed by atoms with E-state index in [4.69, 9.17) is 16.3 Å². The van der Waals surface area contributed by atoms with Gasteiger partial charge in [-0.1, -0.05) is 43.5 Å². The minimum Gasteiger partial charge on any atom is -0.482 e. The molecule has 0 saturated heterocycles. The summed E-state index contributed by atoms with van der Waals surface area (Å²) in [7, 11) is 1.34. The molecule has 5 nitrogen and oxygen atoms in total. The van der Waals surface area contributed by atoms with E-state index in [1.807, 2.05) is 0 Å². The number of ether oxygens (including phenoxy) is 2. The van der Waals surface area contributed by atoms with Gasteiger partial charge in [-0.2, -0.15) is 0 Å². The molecule has 1 amide bonds. The number of esters is 1. The maximum absolute atomic E-state index is 12.3. The molecular formula is C17H24ClNO4. The Morgan fingerprint density at radius 2 is 1.91 bits per heavy atom. The molecule has 0 atom stereocenters. The van der Waals surface area contributed by atoms with Crippen LogP contribution in [0.1, 0.15) is 32.6 Å². The Kier molecular flexibility index (Phi) is 9.14. The number of nitrogens with zero attached hydrogens (tertiary/aromatic N) is 1. The second-order valence-electron chi connectivity index (χ2n) is 5.13. The van der Waals surface area contributed by atoms with Crippen molar-refractivity contribution in [3.8, 4) is 5.75 Å². The highest BCUT2D eigenvalue weighted by Gasteiger charge is 2.16. The Morgan fingerprint density at radius 1 is 1.17 bits per heavy atom. The first-order valence-corrected chi connectivity index (χ1v) is 8.18. The summed E-state index contributed by atoms with van der Waals surface area (Å²) in [6.45, 7) is 2.94. The average Bonchev–Trinajstić information content (AvgIpc) is 2.56. The second kappa shape index (κ2) is 10.9. The largest absolute Gasteiger partial charge is 0.482 e. The number of unbranched alkanes of at least 4 members (excludes halogenated alkanes) is 2. The molecule has 1 rings (SSSR count). The number of hydrogen-bond donors (Lipinski definition) is 0. The summed E-state index contributed by atoms with van der Waals surface area (Å²) in [5.41, 5.74) is 0. The molecular weight excluding hydrogens is 318 g/mol. The van der Waals surface area contributed by atoms with Gasteiger partial charge in [-0.05, 0) is 18.6 Å². The second-order valence-corrected chi connectivity index (χ2v) is 5.54. The summed E-state index contributed by atoms with van der Waals surface area (Å²) in [5.74, 6) is -0.0146. The molecule has 0 aliphatic rings. The number of carbonyl (C=O) groups excluding carboxylic acids is 2. The van der Waals surface area contributed by atoms with Crippen LogP contribution in [0.5, 0.6) is 5.75 Å². The maximum Gasteiger partial charge on any atom is 0.307 e. The van der Waals surface area contributed by atoms with Crippen molar-refractivity contribution in [2.75, 3.05) is 26.8 Å². The van der Waals surface area contributed by atoms with Crippen LogP contribution in [0.4, 0.5) is 0 Å². The molecule has 6 heteroatoms. The van der Waals surface area contributed by atoms with Crippen LogP contribution >= 0.6 is 11.6 Å². The Labute approximate surface area is 142 Å². The number of methoxy groups -OCH3 is 1. The van der Waals surface area contributed by atoms with E-state index in [2.05, 4.69) is 11.7 Å². The molecule has 128 valence electrons. The van der Waals surface area contributed by atoms with Gasteiger partial charge in [0, 0.05) is 13.1 Å². The van der Waals surface area contributed by atoms with Crippen molar-refractivity contribution < 1.29 is 19.1 Å². The summed E-state index contributed by atoms with van der Waals surface area (Å²) in [6, 6.07) is 7.01. The van der Waals surface area contributed by atoms with Crippen LogP contribution in [0, 0.1) is 0 Å². The zero-order valence-corrected chi connectivity index (χ0v) is 14.5. The third-order valence-corrected chi connectivity index (χ3v) is 3.70. The zero-order valence-electron chi connectivity index (χ0n) is 13.7. The van der Waals surface area contributed by atoms with Crippen molar-refractivity contribution in [1.29, 1.82) is 0 Å². The van der Waals surface area contributed by atoms with Crippen LogP contribution in [0.2, 0.25) is 5.02 Å². The number of rotatable bonds is 10. The third kappa shape index (κ3) is 7.37. The van der Waals surface area contributed by atoms with Crippen molar-refractivity contribution >= 4 is 23.5 Å². The molecule has 0 aliphatic heterocycles. The van der Waals surface area contributed by atoms with E-state index in [9.17, 15) is 9.59 Å². The standard InChI is InChI=1S/C17H24ClNO4/c1-3-4-7-11-19(12-10-17(21)22-2)16(20)13-23-15-9-6-5-8-14(15)18/h5-6,8-9H,3-4,7,10-13H2,1-2H3. The molecule has 0 saturated carbocycles. The number of carbonyl (C=O) groups is 2. The number of amides is 1. The number of benzene rings is 1. The lowest BCUT2D eigenvalue weighted by molar-refractivity contribution is -0.142. The fourth-order valence-electron chi connectivity index (χ4n) is 2.03. The topological polar surface area (TPSA) is 55.8 Å². The van der Waals surface area contributed by atoms with Crippen molar-refractivity contribution in [1.82, 2.24) is 4.90 Å². The highest BCUT2D eigenvalue weighted by molar-refractivity contribution is 6.32. The van der Waals surface area contributed by atoms with Gasteiger partial charge in [-0.15, -0.1) is 0 Å². The maximum atomic E-state index is 12.3. The Balaban J connectivity index is 2.55. The minimum atomic E-state index is -0.328. The Morgan fingerprint density at radius 3 is 2.57 bits per heavy atom.